The number of ether oxygens (including phenoxy) is 2. The zero-order valence-electron chi connectivity index (χ0n) is 11.0. The van der Waals surface area contributed by atoms with Gasteiger partial charge in [0.2, 0.25) is 5.75 Å². The van der Waals surface area contributed by atoms with Gasteiger partial charge < -0.3 is 9.47 Å². The van der Waals surface area contributed by atoms with Gasteiger partial charge in [-0.05, 0) is 24.1 Å². The first-order valence-corrected chi connectivity index (χ1v) is 6.39. The van der Waals surface area contributed by atoms with Crippen LogP contribution in [0, 0.1) is 10.1 Å². The molecule has 0 unspecified atom stereocenters. The first-order chi connectivity index (χ1) is 9.88. The third-order valence-corrected chi connectivity index (χ3v) is 2.77. The van der Waals surface area contributed by atoms with Crippen LogP contribution in [0.5, 0.6) is 5.75 Å². The monoisotopic (exact) mass is 323 g/mol. The Hall–Kier alpha value is -1.96. The third-order valence-electron chi connectivity index (χ3n) is 2.48. The molecule has 0 aliphatic carbocycles. The zero-order chi connectivity index (χ0) is 16.0. The van der Waals surface area contributed by atoms with Crippen molar-refractivity contribution in [2.24, 2.45) is 0 Å². The SMILES string of the molecule is CCOC(=O)Cc1cc([N+](=O)[O-])c(OC(F)F)cc1CCl. The lowest BCUT2D eigenvalue weighted by atomic mass is 10.0. The number of halogens is 3. The zero-order valence-corrected chi connectivity index (χ0v) is 11.7. The molecule has 9 heteroatoms. The fourth-order valence-corrected chi connectivity index (χ4v) is 1.89. The van der Waals surface area contributed by atoms with Crippen molar-refractivity contribution in [3.05, 3.63) is 33.4 Å². The average molecular weight is 324 g/mol. The van der Waals surface area contributed by atoms with E-state index in [1.807, 2.05) is 0 Å². The molecule has 116 valence electrons. The second-order valence-corrected chi connectivity index (χ2v) is 4.11. The van der Waals surface area contributed by atoms with Gasteiger partial charge in [0.15, 0.2) is 0 Å². The number of nitro groups is 1. The van der Waals surface area contributed by atoms with Gasteiger partial charge in [0, 0.05) is 11.9 Å². The van der Waals surface area contributed by atoms with E-state index in [2.05, 4.69) is 4.74 Å². The summed E-state index contributed by atoms with van der Waals surface area (Å²) in [6.07, 6.45) is -0.244. The molecule has 0 spiro atoms. The Kier molecular flexibility index (Phi) is 6.29. The van der Waals surface area contributed by atoms with Crippen LogP contribution in [-0.2, 0) is 21.8 Å². The summed E-state index contributed by atoms with van der Waals surface area (Å²) in [5.74, 6) is -1.31. The molecule has 0 amide bonds. The number of carbonyl (C=O) groups is 1. The summed E-state index contributed by atoms with van der Waals surface area (Å²) >= 11 is 5.67. The summed E-state index contributed by atoms with van der Waals surface area (Å²) in [6.45, 7) is -1.44. The lowest BCUT2D eigenvalue weighted by Crippen LogP contribution is -2.11. The lowest BCUT2D eigenvalue weighted by molar-refractivity contribution is -0.386. The van der Waals surface area contributed by atoms with E-state index in [1.165, 1.54) is 0 Å². The Balaban J connectivity index is 3.22. The standard InChI is InChI=1S/C12H12ClF2NO5/c1-2-20-11(17)5-7-3-9(16(18)19)10(21-12(14)15)4-8(7)6-13/h3-4,12H,2,5-6H2,1H3. The van der Waals surface area contributed by atoms with Gasteiger partial charge in [-0.1, -0.05) is 0 Å². The predicted octanol–water partition coefficient (Wildman–Crippen LogP) is 3.04. The van der Waals surface area contributed by atoms with Gasteiger partial charge in [0.25, 0.3) is 0 Å². The van der Waals surface area contributed by atoms with Gasteiger partial charge >= 0.3 is 18.3 Å². The van der Waals surface area contributed by atoms with Crippen molar-refractivity contribution in [1.82, 2.24) is 0 Å². The third kappa shape index (κ3) is 4.82. The van der Waals surface area contributed by atoms with E-state index in [-0.39, 0.29) is 30.0 Å². The number of hydrogen-bond donors (Lipinski definition) is 0. The summed E-state index contributed by atoms with van der Waals surface area (Å²) in [5, 5.41) is 10.9. The molecule has 1 rings (SSSR count). The highest BCUT2D eigenvalue weighted by molar-refractivity contribution is 6.17. The normalized spacial score (nSPS) is 10.5. The van der Waals surface area contributed by atoms with Gasteiger partial charge in [0.1, 0.15) is 0 Å². The van der Waals surface area contributed by atoms with Gasteiger partial charge in [-0.3, -0.25) is 14.9 Å². The van der Waals surface area contributed by atoms with Gasteiger partial charge in [-0.2, -0.15) is 8.78 Å². The molecular formula is C12H12ClF2NO5. The number of benzene rings is 1. The summed E-state index contributed by atoms with van der Waals surface area (Å²) in [5.41, 5.74) is -0.147. The molecule has 1 aromatic carbocycles. The molecule has 0 aliphatic heterocycles. The molecule has 0 bridgehead atoms. The van der Waals surface area contributed by atoms with Crippen molar-refractivity contribution in [1.29, 1.82) is 0 Å². The molecule has 21 heavy (non-hydrogen) atoms. The van der Waals surface area contributed by atoms with E-state index in [1.54, 1.807) is 6.92 Å². The highest BCUT2D eigenvalue weighted by atomic mass is 35.5. The maximum absolute atomic E-state index is 12.3. The van der Waals surface area contributed by atoms with E-state index in [0.717, 1.165) is 12.1 Å². The van der Waals surface area contributed by atoms with Crippen molar-refractivity contribution in [3.63, 3.8) is 0 Å². The Morgan fingerprint density at radius 3 is 2.57 bits per heavy atom. The largest absolute Gasteiger partial charge is 0.466 e. The van der Waals surface area contributed by atoms with Gasteiger partial charge in [-0.25, -0.2) is 0 Å². The molecule has 6 nitrogen and oxygen atoms in total. The minimum absolute atomic E-state index is 0.119. The van der Waals surface area contributed by atoms with E-state index in [9.17, 15) is 23.7 Å². The van der Waals surface area contributed by atoms with Crippen LogP contribution < -0.4 is 4.74 Å². The molecule has 0 saturated heterocycles. The highest BCUT2D eigenvalue weighted by Crippen LogP contribution is 2.33. The Morgan fingerprint density at radius 1 is 1.43 bits per heavy atom. The molecular weight excluding hydrogens is 312 g/mol. The Bertz CT molecular complexity index is 539. The molecule has 0 fully saturated rings. The number of alkyl halides is 3. The van der Waals surface area contributed by atoms with E-state index in [0.29, 0.717) is 0 Å². The number of esters is 1. The number of nitro benzene ring substituents is 1. The Labute approximate surface area is 123 Å². The molecule has 0 aliphatic rings. The second kappa shape index (κ2) is 7.72. The average Bonchev–Trinajstić information content (AvgIpc) is 2.39. The lowest BCUT2D eigenvalue weighted by Gasteiger charge is -2.11. The van der Waals surface area contributed by atoms with E-state index < -0.39 is 28.9 Å². The molecule has 0 radical (unpaired) electrons. The van der Waals surface area contributed by atoms with Gasteiger partial charge in [-0.15, -0.1) is 11.6 Å². The van der Waals surface area contributed by atoms with E-state index >= 15 is 0 Å². The van der Waals surface area contributed by atoms with Crippen LogP contribution in [0.25, 0.3) is 0 Å². The fourth-order valence-electron chi connectivity index (χ4n) is 1.64. The van der Waals surface area contributed by atoms with Crippen LogP contribution in [0.2, 0.25) is 0 Å². The summed E-state index contributed by atoms with van der Waals surface area (Å²) in [7, 11) is 0. The van der Waals surface area contributed by atoms with Crippen molar-refractivity contribution >= 4 is 23.3 Å². The summed E-state index contributed by atoms with van der Waals surface area (Å²) < 4.78 is 33.4. The predicted molar refractivity (Wildman–Crippen MR) is 69.6 cm³/mol. The molecule has 0 N–H and O–H groups in total. The van der Waals surface area contributed by atoms with Crippen LogP contribution in [-0.4, -0.2) is 24.1 Å². The first kappa shape index (κ1) is 17.1. The highest BCUT2D eigenvalue weighted by Gasteiger charge is 2.23. The summed E-state index contributed by atoms with van der Waals surface area (Å²) in [6, 6.07) is 2.03. The second-order valence-electron chi connectivity index (χ2n) is 3.84. The first-order valence-electron chi connectivity index (χ1n) is 5.85. The van der Waals surface area contributed by atoms with Crippen LogP contribution in [0.4, 0.5) is 14.5 Å². The van der Waals surface area contributed by atoms with Crippen LogP contribution in [0.3, 0.4) is 0 Å². The minimum Gasteiger partial charge on any atom is -0.466 e. The number of rotatable bonds is 7. The number of hydrogen-bond acceptors (Lipinski definition) is 5. The quantitative estimate of drug-likeness (QED) is 0.333. The van der Waals surface area contributed by atoms with E-state index in [4.69, 9.17) is 16.3 Å². The van der Waals surface area contributed by atoms with Crippen LogP contribution in [0.1, 0.15) is 18.1 Å². The summed E-state index contributed by atoms with van der Waals surface area (Å²) in [4.78, 5) is 21.5. The molecule has 1 aromatic rings. The molecule has 0 heterocycles. The van der Waals surface area contributed by atoms with Crippen molar-refractivity contribution in [2.75, 3.05) is 6.61 Å². The topological polar surface area (TPSA) is 78.7 Å². The fraction of sp³-hybridized carbons (Fsp3) is 0.417. The maximum Gasteiger partial charge on any atom is 0.387 e. The van der Waals surface area contributed by atoms with Crippen LogP contribution >= 0.6 is 11.6 Å². The Morgan fingerprint density at radius 2 is 2.10 bits per heavy atom. The number of nitrogens with zero attached hydrogens (tertiary/aromatic N) is 1. The maximum atomic E-state index is 12.3. The van der Waals surface area contributed by atoms with Crippen molar-refractivity contribution < 1.29 is 28.0 Å². The van der Waals surface area contributed by atoms with Crippen molar-refractivity contribution in [2.45, 2.75) is 25.8 Å². The molecule has 0 atom stereocenters. The van der Waals surface area contributed by atoms with Gasteiger partial charge in [0.05, 0.1) is 18.0 Å². The molecule has 0 aromatic heterocycles. The van der Waals surface area contributed by atoms with Crippen molar-refractivity contribution in [3.8, 4) is 5.75 Å². The molecule has 0 saturated carbocycles. The number of carbonyl (C=O) groups excluding carboxylic acids is 1. The minimum atomic E-state index is -3.21. The smallest absolute Gasteiger partial charge is 0.387 e. The van der Waals surface area contributed by atoms with Crippen LogP contribution in [0.15, 0.2) is 12.1 Å².